The fourth-order valence-corrected chi connectivity index (χ4v) is 4.38. The van der Waals surface area contributed by atoms with E-state index in [2.05, 4.69) is 44.8 Å². The summed E-state index contributed by atoms with van der Waals surface area (Å²) in [5.74, 6) is 0.859. The average molecular weight is 413 g/mol. The molecule has 6 heteroatoms. The molecule has 4 rings (SSSR count). The van der Waals surface area contributed by atoms with Crippen LogP contribution in [0.4, 0.5) is 15.8 Å². The van der Waals surface area contributed by atoms with Crippen molar-refractivity contribution in [2.24, 2.45) is 0 Å². The normalized spacial score (nSPS) is 18.6. The van der Waals surface area contributed by atoms with Gasteiger partial charge in [-0.05, 0) is 43.3 Å². The van der Waals surface area contributed by atoms with E-state index in [0.29, 0.717) is 0 Å². The second-order valence-electron chi connectivity index (χ2n) is 8.32. The number of anilines is 2. The molecular weight excluding hydrogens is 379 g/mol. The van der Waals surface area contributed by atoms with Crippen molar-refractivity contribution in [1.82, 2.24) is 9.80 Å². The average Bonchev–Trinajstić information content (AvgIpc) is 2.79. The highest BCUT2D eigenvalue weighted by molar-refractivity contribution is 5.67. The first-order chi connectivity index (χ1) is 14.6. The number of benzene rings is 2. The molecule has 0 atom stereocenters. The molecule has 0 bridgehead atoms. The number of piperazine rings is 2. The Hall–Kier alpha value is -2.31. The van der Waals surface area contributed by atoms with E-state index in [9.17, 15) is 4.39 Å². The zero-order chi connectivity index (χ0) is 20.9. The molecule has 2 aromatic rings. The maximum Gasteiger partial charge on any atom is 0.142 e. The largest absolute Gasteiger partial charge is 0.495 e. The number of halogens is 1. The first-order valence-electron chi connectivity index (χ1n) is 11.0. The first kappa shape index (κ1) is 20.9. The van der Waals surface area contributed by atoms with Crippen LogP contribution >= 0.6 is 0 Å². The lowest BCUT2D eigenvalue weighted by Crippen LogP contribution is -2.47. The Labute approximate surface area is 179 Å². The molecule has 2 fully saturated rings. The van der Waals surface area contributed by atoms with Crippen molar-refractivity contribution < 1.29 is 9.13 Å². The second-order valence-corrected chi connectivity index (χ2v) is 8.32. The van der Waals surface area contributed by atoms with Crippen LogP contribution in [-0.4, -0.2) is 82.9 Å². The fourth-order valence-electron chi connectivity index (χ4n) is 4.38. The molecule has 0 unspecified atom stereocenters. The smallest absolute Gasteiger partial charge is 0.142 e. The highest BCUT2D eigenvalue weighted by atomic mass is 19.1. The SMILES string of the molecule is COc1ccc(N2CCN(CCc3ccccc3F)CC2)cc1N1CCN(C)CC1. The molecule has 30 heavy (non-hydrogen) atoms. The summed E-state index contributed by atoms with van der Waals surface area (Å²) in [6.07, 6.45) is 0.767. The summed E-state index contributed by atoms with van der Waals surface area (Å²) in [7, 11) is 3.93. The van der Waals surface area contributed by atoms with Gasteiger partial charge in [-0.25, -0.2) is 4.39 Å². The van der Waals surface area contributed by atoms with Crippen LogP contribution < -0.4 is 14.5 Å². The topological polar surface area (TPSA) is 22.2 Å². The lowest BCUT2D eigenvalue weighted by atomic mass is 10.1. The molecule has 2 aromatic carbocycles. The maximum atomic E-state index is 13.9. The Bertz CT molecular complexity index is 830. The van der Waals surface area contributed by atoms with Crippen molar-refractivity contribution in [3.63, 3.8) is 0 Å². The van der Waals surface area contributed by atoms with Gasteiger partial charge in [-0.1, -0.05) is 18.2 Å². The van der Waals surface area contributed by atoms with E-state index >= 15 is 0 Å². The molecule has 0 aliphatic carbocycles. The third kappa shape index (κ3) is 4.87. The maximum absolute atomic E-state index is 13.9. The number of methoxy groups -OCH3 is 1. The summed E-state index contributed by atoms with van der Waals surface area (Å²) >= 11 is 0. The minimum Gasteiger partial charge on any atom is -0.495 e. The van der Waals surface area contributed by atoms with Crippen LogP contribution in [0.15, 0.2) is 42.5 Å². The van der Waals surface area contributed by atoms with E-state index in [0.717, 1.165) is 76.6 Å². The van der Waals surface area contributed by atoms with Crippen molar-refractivity contribution in [3.05, 3.63) is 53.8 Å². The van der Waals surface area contributed by atoms with E-state index in [-0.39, 0.29) is 5.82 Å². The number of hydrogen-bond donors (Lipinski definition) is 0. The summed E-state index contributed by atoms with van der Waals surface area (Å²) < 4.78 is 19.5. The Kier molecular flexibility index (Phi) is 6.75. The number of ether oxygens (including phenoxy) is 1. The highest BCUT2D eigenvalue weighted by Crippen LogP contribution is 2.33. The van der Waals surface area contributed by atoms with Gasteiger partial charge in [0.15, 0.2) is 0 Å². The van der Waals surface area contributed by atoms with Crippen LogP contribution in [0.25, 0.3) is 0 Å². The number of nitrogens with zero attached hydrogens (tertiary/aromatic N) is 4. The summed E-state index contributed by atoms with van der Waals surface area (Å²) in [6.45, 7) is 9.11. The Morgan fingerprint density at radius 2 is 1.57 bits per heavy atom. The van der Waals surface area contributed by atoms with Gasteiger partial charge in [0.2, 0.25) is 0 Å². The Morgan fingerprint density at radius 3 is 2.27 bits per heavy atom. The van der Waals surface area contributed by atoms with Crippen LogP contribution in [0.1, 0.15) is 5.56 Å². The molecule has 0 spiro atoms. The second kappa shape index (κ2) is 9.67. The molecule has 0 N–H and O–H groups in total. The minimum absolute atomic E-state index is 0.0918. The van der Waals surface area contributed by atoms with Crippen molar-refractivity contribution in [3.8, 4) is 5.75 Å². The molecule has 2 aliphatic rings. The van der Waals surface area contributed by atoms with Gasteiger partial charge in [0, 0.05) is 64.6 Å². The molecule has 0 radical (unpaired) electrons. The van der Waals surface area contributed by atoms with Crippen LogP contribution in [-0.2, 0) is 6.42 Å². The lowest BCUT2D eigenvalue weighted by molar-refractivity contribution is 0.260. The van der Waals surface area contributed by atoms with Crippen molar-refractivity contribution in [2.45, 2.75) is 6.42 Å². The van der Waals surface area contributed by atoms with Gasteiger partial charge in [-0.2, -0.15) is 0 Å². The summed E-state index contributed by atoms with van der Waals surface area (Å²) in [4.78, 5) is 9.70. The zero-order valence-electron chi connectivity index (χ0n) is 18.2. The predicted molar refractivity (Wildman–Crippen MR) is 121 cm³/mol. The molecule has 5 nitrogen and oxygen atoms in total. The van der Waals surface area contributed by atoms with Gasteiger partial charge in [-0.3, -0.25) is 4.90 Å². The van der Waals surface area contributed by atoms with E-state index in [4.69, 9.17) is 4.74 Å². The van der Waals surface area contributed by atoms with Crippen molar-refractivity contribution in [1.29, 1.82) is 0 Å². The Balaban J connectivity index is 1.36. The molecule has 0 amide bonds. The number of hydrogen-bond acceptors (Lipinski definition) is 5. The standard InChI is InChI=1S/C24H33FN4O/c1-26-11-15-29(16-12-26)23-19-21(7-8-24(23)30-2)28-17-13-27(14-18-28)10-9-20-5-3-4-6-22(20)25/h3-8,19H,9-18H2,1-2H3. The van der Waals surface area contributed by atoms with Crippen LogP contribution in [0.3, 0.4) is 0 Å². The van der Waals surface area contributed by atoms with Crippen molar-refractivity contribution in [2.75, 3.05) is 82.9 Å². The van der Waals surface area contributed by atoms with Crippen LogP contribution in [0.5, 0.6) is 5.75 Å². The van der Waals surface area contributed by atoms with E-state index in [1.165, 1.54) is 11.4 Å². The Morgan fingerprint density at radius 1 is 0.867 bits per heavy atom. The molecule has 2 aliphatic heterocycles. The van der Waals surface area contributed by atoms with E-state index in [1.807, 2.05) is 12.1 Å². The fraction of sp³-hybridized carbons (Fsp3) is 0.500. The summed E-state index contributed by atoms with van der Waals surface area (Å²) in [5, 5.41) is 0. The first-order valence-corrected chi connectivity index (χ1v) is 11.0. The van der Waals surface area contributed by atoms with Crippen LogP contribution in [0.2, 0.25) is 0 Å². The van der Waals surface area contributed by atoms with Gasteiger partial charge >= 0.3 is 0 Å². The third-order valence-electron chi connectivity index (χ3n) is 6.40. The molecule has 2 heterocycles. The quantitative estimate of drug-likeness (QED) is 0.726. The van der Waals surface area contributed by atoms with Crippen LogP contribution in [0, 0.1) is 5.82 Å². The lowest BCUT2D eigenvalue weighted by Gasteiger charge is -2.38. The van der Waals surface area contributed by atoms with Gasteiger partial charge in [0.25, 0.3) is 0 Å². The molecule has 2 saturated heterocycles. The van der Waals surface area contributed by atoms with Gasteiger partial charge in [-0.15, -0.1) is 0 Å². The summed E-state index contributed by atoms with van der Waals surface area (Å²) in [5.41, 5.74) is 3.27. The molecule has 0 aromatic heterocycles. The number of likely N-dealkylation sites (N-methyl/N-ethyl adjacent to an activating group) is 1. The minimum atomic E-state index is -0.0918. The highest BCUT2D eigenvalue weighted by Gasteiger charge is 2.21. The van der Waals surface area contributed by atoms with E-state index in [1.54, 1.807) is 19.2 Å². The molecule has 162 valence electrons. The number of rotatable bonds is 6. The van der Waals surface area contributed by atoms with Gasteiger partial charge in [0.1, 0.15) is 11.6 Å². The van der Waals surface area contributed by atoms with Gasteiger partial charge < -0.3 is 19.4 Å². The third-order valence-corrected chi connectivity index (χ3v) is 6.40. The predicted octanol–water partition coefficient (Wildman–Crippen LogP) is 2.95. The van der Waals surface area contributed by atoms with Crippen molar-refractivity contribution >= 4 is 11.4 Å². The van der Waals surface area contributed by atoms with Gasteiger partial charge in [0.05, 0.1) is 12.8 Å². The molecular formula is C24H33FN4O. The van der Waals surface area contributed by atoms with E-state index < -0.39 is 0 Å². The zero-order valence-corrected chi connectivity index (χ0v) is 18.2. The molecule has 0 saturated carbocycles. The monoisotopic (exact) mass is 412 g/mol. The summed E-state index contributed by atoms with van der Waals surface area (Å²) in [6, 6.07) is 13.7.